The zero-order chi connectivity index (χ0) is 13.7. The Kier molecular flexibility index (Phi) is 5.90. The summed E-state index contributed by atoms with van der Waals surface area (Å²) in [7, 11) is 2.14. The Hall–Kier alpha value is -0.340. The van der Waals surface area contributed by atoms with Crippen LogP contribution in [0.1, 0.15) is 55.7 Å². The molecule has 0 aromatic carbocycles. The predicted octanol–water partition coefficient (Wildman–Crippen LogP) is 4.66. The molecule has 1 heterocycles. The molecule has 0 aliphatic heterocycles. The predicted molar refractivity (Wildman–Crippen MR) is 86.0 cm³/mol. The minimum atomic E-state index is 0.736. The van der Waals surface area contributed by atoms with Crippen molar-refractivity contribution in [1.82, 2.24) is 5.32 Å². The Morgan fingerprint density at radius 3 is 2.63 bits per heavy atom. The van der Waals surface area contributed by atoms with Crippen LogP contribution in [0.15, 0.2) is 12.1 Å². The second kappa shape index (κ2) is 7.44. The third-order valence-electron chi connectivity index (χ3n) is 4.69. The molecule has 2 rings (SSSR count). The maximum atomic E-state index is 3.56. The maximum absolute atomic E-state index is 3.56. The van der Waals surface area contributed by atoms with E-state index in [1.165, 1.54) is 49.8 Å². The summed E-state index contributed by atoms with van der Waals surface area (Å²) in [6, 6.07) is 5.42. The highest BCUT2D eigenvalue weighted by molar-refractivity contribution is 7.11. The largest absolute Gasteiger partial charge is 0.317 e. The molecule has 3 atom stereocenters. The smallest absolute Gasteiger partial charge is 0.00959 e. The highest BCUT2D eigenvalue weighted by atomic mass is 32.1. The Labute approximate surface area is 122 Å². The van der Waals surface area contributed by atoms with Crippen LogP contribution in [0.25, 0.3) is 0 Å². The first kappa shape index (κ1) is 15.1. The molecule has 0 amide bonds. The van der Waals surface area contributed by atoms with Gasteiger partial charge in [-0.2, -0.15) is 0 Å². The summed E-state index contributed by atoms with van der Waals surface area (Å²) in [6.45, 7) is 4.58. The summed E-state index contributed by atoms with van der Waals surface area (Å²) in [5.74, 6) is 1.82. The Morgan fingerprint density at radius 1 is 1.21 bits per heavy atom. The van der Waals surface area contributed by atoms with Gasteiger partial charge in [0.25, 0.3) is 0 Å². The fraction of sp³-hybridized carbons (Fsp3) is 0.765. The van der Waals surface area contributed by atoms with Gasteiger partial charge in [-0.25, -0.2) is 0 Å². The van der Waals surface area contributed by atoms with Crippen molar-refractivity contribution in [2.45, 2.75) is 64.8 Å². The van der Waals surface area contributed by atoms with Crippen LogP contribution in [0.3, 0.4) is 0 Å². The average molecular weight is 279 g/mol. The average Bonchev–Trinajstić information content (AvgIpc) is 2.87. The lowest BCUT2D eigenvalue weighted by Gasteiger charge is -2.36. The van der Waals surface area contributed by atoms with Crippen LogP contribution in [-0.2, 0) is 12.8 Å². The van der Waals surface area contributed by atoms with Crippen molar-refractivity contribution in [1.29, 1.82) is 0 Å². The molecule has 1 N–H and O–H groups in total. The first-order valence-corrected chi connectivity index (χ1v) is 8.83. The van der Waals surface area contributed by atoms with E-state index in [1.54, 1.807) is 4.88 Å². The zero-order valence-corrected chi connectivity index (χ0v) is 13.6. The van der Waals surface area contributed by atoms with Gasteiger partial charge in [0.15, 0.2) is 0 Å². The lowest BCUT2D eigenvalue weighted by atomic mass is 9.75. The van der Waals surface area contributed by atoms with E-state index in [4.69, 9.17) is 0 Å². The number of rotatable bonds is 6. The lowest BCUT2D eigenvalue weighted by Crippen LogP contribution is -2.39. The molecule has 1 aliphatic rings. The second-order valence-electron chi connectivity index (χ2n) is 6.05. The summed E-state index contributed by atoms with van der Waals surface area (Å²) in [6.07, 6.45) is 9.48. The van der Waals surface area contributed by atoms with Crippen molar-refractivity contribution in [2.24, 2.45) is 11.8 Å². The fourth-order valence-corrected chi connectivity index (χ4v) is 4.67. The van der Waals surface area contributed by atoms with Crippen LogP contribution in [0.5, 0.6) is 0 Å². The van der Waals surface area contributed by atoms with Crippen LogP contribution in [0.4, 0.5) is 0 Å². The van der Waals surface area contributed by atoms with Gasteiger partial charge in [-0.1, -0.05) is 26.7 Å². The van der Waals surface area contributed by atoms with Gasteiger partial charge in [0.2, 0.25) is 0 Å². The molecule has 0 bridgehead atoms. The van der Waals surface area contributed by atoms with Crippen molar-refractivity contribution in [3.05, 3.63) is 21.9 Å². The molecule has 19 heavy (non-hydrogen) atoms. The Balaban J connectivity index is 1.97. The normalized spacial score (nSPS) is 27.6. The van der Waals surface area contributed by atoms with Crippen molar-refractivity contribution in [3.8, 4) is 0 Å². The molecule has 1 aliphatic carbocycles. The Morgan fingerprint density at radius 2 is 2.00 bits per heavy atom. The molecule has 3 unspecified atom stereocenters. The van der Waals surface area contributed by atoms with Crippen molar-refractivity contribution >= 4 is 11.3 Å². The van der Waals surface area contributed by atoms with Gasteiger partial charge in [-0.15, -0.1) is 11.3 Å². The highest BCUT2D eigenvalue weighted by Crippen LogP contribution is 2.35. The van der Waals surface area contributed by atoms with Crippen LogP contribution in [-0.4, -0.2) is 13.1 Å². The molecule has 1 saturated carbocycles. The van der Waals surface area contributed by atoms with Gasteiger partial charge in [0, 0.05) is 15.8 Å². The minimum Gasteiger partial charge on any atom is -0.317 e. The number of hydrogen-bond donors (Lipinski definition) is 1. The lowest BCUT2D eigenvalue weighted by molar-refractivity contribution is 0.201. The van der Waals surface area contributed by atoms with E-state index in [1.807, 2.05) is 11.3 Å². The molecule has 1 aromatic rings. The SMILES string of the molecule is CCCC1CCC(NC)C(Cc2ccc(CC)s2)C1. The molecule has 1 fully saturated rings. The van der Waals surface area contributed by atoms with E-state index in [9.17, 15) is 0 Å². The molecule has 1 nitrogen and oxygen atoms in total. The van der Waals surface area contributed by atoms with Crippen molar-refractivity contribution < 1.29 is 0 Å². The van der Waals surface area contributed by atoms with Crippen LogP contribution in [0, 0.1) is 11.8 Å². The van der Waals surface area contributed by atoms with Gasteiger partial charge in [-0.05, 0) is 63.1 Å². The van der Waals surface area contributed by atoms with Crippen LogP contribution in [0.2, 0.25) is 0 Å². The first-order chi connectivity index (χ1) is 9.26. The number of thiophene rings is 1. The van der Waals surface area contributed by atoms with E-state index < -0.39 is 0 Å². The number of aryl methyl sites for hydroxylation is 1. The molecule has 0 spiro atoms. The summed E-state index contributed by atoms with van der Waals surface area (Å²) in [5.41, 5.74) is 0. The molecule has 0 saturated heterocycles. The quantitative estimate of drug-likeness (QED) is 0.798. The minimum absolute atomic E-state index is 0.736. The van der Waals surface area contributed by atoms with E-state index in [0.29, 0.717) is 0 Å². The van der Waals surface area contributed by atoms with E-state index in [-0.39, 0.29) is 0 Å². The summed E-state index contributed by atoms with van der Waals surface area (Å²) < 4.78 is 0. The third-order valence-corrected chi connectivity index (χ3v) is 5.94. The van der Waals surface area contributed by atoms with Crippen molar-refractivity contribution in [3.63, 3.8) is 0 Å². The summed E-state index contributed by atoms with van der Waals surface area (Å²) >= 11 is 2.03. The first-order valence-electron chi connectivity index (χ1n) is 8.01. The monoisotopic (exact) mass is 279 g/mol. The van der Waals surface area contributed by atoms with Crippen LogP contribution < -0.4 is 5.32 Å². The van der Waals surface area contributed by atoms with E-state index in [2.05, 4.69) is 38.3 Å². The molecule has 1 aromatic heterocycles. The summed E-state index contributed by atoms with van der Waals surface area (Å²) in [4.78, 5) is 3.14. The van der Waals surface area contributed by atoms with E-state index >= 15 is 0 Å². The standard InChI is InChI=1S/C17H29NS/c1-4-6-13-7-10-17(18-3)14(11-13)12-16-9-8-15(5-2)19-16/h8-9,13-14,17-18H,4-7,10-12H2,1-3H3. The zero-order valence-electron chi connectivity index (χ0n) is 12.7. The third kappa shape index (κ3) is 4.06. The molecular weight excluding hydrogens is 250 g/mol. The molecular formula is C17H29NS. The van der Waals surface area contributed by atoms with Crippen molar-refractivity contribution in [2.75, 3.05) is 7.05 Å². The van der Waals surface area contributed by atoms with Gasteiger partial charge in [-0.3, -0.25) is 0 Å². The highest BCUT2D eigenvalue weighted by Gasteiger charge is 2.29. The van der Waals surface area contributed by atoms with Gasteiger partial charge < -0.3 is 5.32 Å². The number of hydrogen-bond acceptors (Lipinski definition) is 2. The van der Waals surface area contributed by atoms with E-state index in [0.717, 1.165) is 17.9 Å². The Bertz CT molecular complexity index is 371. The number of nitrogens with one attached hydrogen (secondary N) is 1. The maximum Gasteiger partial charge on any atom is 0.00959 e. The van der Waals surface area contributed by atoms with Gasteiger partial charge >= 0.3 is 0 Å². The topological polar surface area (TPSA) is 12.0 Å². The molecule has 2 heteroatoms. The molecule has 0 radical (unpaired) electrons. The molecule has 108 valence electrons. The summed E-state index contributed by atoms with van der Waals surface area (Å²) in [5, 5.41) is 3.56. The van der Waals surface area contributed by atoms with Crippen LogP contribution >= 0.6 is 11.3 Å². The van der Waals surface area contributed by atoms with Gasteiger partial charge in [0.05, 0.1) is 0 Å². The second-order valence-corrected chi connectivity index (χ2v) is 7.30. The fourth-order valence-electron chi connectivity index (χ4n) is 3.62. The van der Waals surface area contributed by atoms with Gasteiger partial charge in [0.1, 0.15) is 0 Å².